The Balaban J connectivity index is 1.60. The molecule has 2 aromatic carbocycles. The van der Waals surface area contributed by atoms with Crippen molar-refractivity contribution in [2.45, 2.75) is 32.0 Å². The average molecular weight is 299 g/mol. The SMILES string of the molecule is O=C(OC(O)Cc1ccc2ccccc2c1)N1CCCCC1. The first-order valence-corrected chi connectivity index (χ1v) is 7.84. The molecule has 22 heavy (non-hydrogen) atoms. The molecule has 1 N–H and O–H groups in total. The van der Waals surface area contributed by atoms with Crippen molar-refractivity contribution in [3.8, 4) is 0 Å². The van der Waals surface area contributed by atoms with Gasteiger partial charge in [-0.05, 0) is 35.6 Å². The summed E-state index contributed by atoms with van der Waals surface area (Å²) in [5, 5.41) is 12.3. The first-order valence-electron chi connectivity index (χ1n) is 7.84. The minimum atomic E-state index is -1.10. The summed E-state index contributed by atoms with van der Waals surface area (Å²) < 4.78 is 5.15. The van der Waals surface area contributed by atoms with Crippen molar-refractivity contribution < 1.29 is 14.6 Å². The van der Waals surface area contributed by atoms with Crippen LogP contribution in [0, 0.1) is 0 Å². The number of carbonyl (C=O) groups excluding carboxylic acids is 1. The Kier molecular flexibility index (Phi) is 4.59. The Labute approximate surface area is 130 Å². The molecule has 3 rings (SSSR count). The van der Waals surface area contributed by atoms with Crippen LogP contribution in [0.2, 0.25) is 0 Å². The Hall–Kier alpha value is -2.07. The number of ether oxygens (including phenoxy) is 1. The Morgan fingerprint density at radius 3 is 2.59 bits per heavy atom. The van der Waals surface area contributed by atoms with Crippen LogP contribution in [0.1, 0.15) is 24.8 Å². The minimum absolute atomic E-state index is 0.310. The summed E-state index contributed by atoms with van der Waals surface area (Å²) in [5.41, 5.74) is 0.956. The summed E-state index contributed by atoms with van der Waals surface area (Å²) in [6.07, 6.45) is 1.98. The molecule has 116 valence electrons. The molecule has 0 radical (unpaired) electrons. The molecule has 1 heterocycles. The number of aliphatic hydroxyl groups is 1. The maximum absolute atomic E-state index is 12.0. The average Bonchev–Trinajstić information content (AvgIpc) is 2.55. The number of carbonyl (C=O) groups is 1. The predicted octanol–water partition coefficient (Wildman–Crippen LogP) is 3.32. The van der Waals surface area contributed by atoms with Crippen molar-refractivity contribution in [2.24, 2.45) is 0 Å². The zero-order chi connectivity index (χ0) is 15.4. The second-order valence-electron chi connectivity index (χ2n) is 5.77. The van der Waals surface area contributed by atoms with E-state index in [0.717, 1.165) is 48.7 Å². The summed E-state index contributed by atoms with van der Waals surface area (Å²) in [6, 6.07) is 14.1. The van der Waals surface area contributed by atoms with E-state index in [1.54, 1.807) is 4.90 Å². The van der Waals surface area contributed by atoms with Gasteiger partial charge in [-0.15, -0.1) is 0 Å². The molecule has 1 unspecified atom stereocenters. The molecule has 0 bridgehead atoms. The lowest BCUT2D eigenvalue weighted by atomic mass is 10.1. The number of amides is 1. The van der Waals surface area contributed by atoms with Gasteiger partial charge in [0.1, 0.15) is 0 Å². The van der Waals surface area contributed by atoms with Gasteiger partial charge in [-0.25, -0.2) is 4.79 Å². The highest BCUT2D eigenvalue weighted by Crippen LogP contribution is 2.17. The smallest absolute Gasteiger partial charge is 0.412 e. The summed E-state index contributed by atoms with van der Waals surface area (Å²) in [7, 11) is 0. The van der Waals surface area contributed by atoms with Gasteiger partial charge in [0.15, 0.2) is 0 Å². The van der Waals surface area contributed by atoms with Crippen molar-refractivity contribution in [2.75, 3.05) is 13.1 Å². The van der Waals surface area contributed by atoms with Crippen LogP contribution in [0.25, 0.3) is 10.8 Å². The molecule has 4 nitrogen and oxygen atoms in total. The van der Waals surface area contributed by atoms with Gasteiger partial charge in [-0.3, -0.25) is 0 Å². The zero-order valence-electron chi connectivity index (χ0n) is 12.6. The summed E-state index contributed by atoms with van der Waals surface area (Å²) in [5.74, 6) is 0. The summed E-state index contributed by atoms with van der Waals surface area (Å²) in [6.45, 7) is 1.45. The van der Waals surface area contributed by atoms with E-state index in [0.29, 0.717) is 6.42 Å². The van der Waals surface area contributed by atoms with Crippen molar-refractivity contribution in [3.63, 3.8) is 0 Å². The van der Waals surface area contributed by atoms with Gasteiger partial charge in [0, 0.05) is 19.5 Å². The number of hydrogen-bond acceptors (Lipinski definition) is 3. The third-order valence-corrected chi connectivity index (χ3v) is 4.08. The van der Waals surface area contributed by atoms with E-state index in [1.807, 2.05) is 42.5 Å². The quantitative estimate of drug-likeness (QED) is 0.885. The van der Waals surface area contributed by atoms with E-state index in [2.05, 4.69) is 0 Å². The van der Waals surface area contributed by atoms with Gasteiger partial charge in [0.05, 0.1) is 0 Å². The van der Waals surface area contributed by atoms with Gasteiger partial charge in [-0.1, -0.05) is 42.5 Å². The number of likely N-dealkylation sites (tertiary alicyclic amines) is 1. The number of piperidine rings is 1. The third-order valence-electron chi connectivity index (χ3n) is 4.08. The van der Waals surface area contributed by atoms with Crippen molar-refractivity contribution in [3.05, 3.63) is 48.0 Å². The Morgan fingerprint density at radius 2 is 1.82 bits per heavy atom. The van der Waals surface area contributed by atoms with E-state index < -0.39 is 12.4 Å². The van der Waals surface area contributed by atoms with Gasteiger partial charge >= 0.3 is 6.09 Å². The van der Waals surface area contributed by atoms with Crippen LogP contribution in [-0.4, -0.2) is 35.5 Å². The molecule has 4 heteroatoms. The monoisotopic (exact) mass is 299 g/mol. The number of benzene rings is 2. The molecule has 1 atom stereocenters. The molecule has 1 fully saturated rings. The Bertz CT molecular complexity index is 650. The maximum atomic E-state index is 12.0. The van der Waals surface area contributed by atoms with Gasteiger partial charge in [0.25, 0.3) is 0 Å². The van der Waals surface area contributed by atoms with Crippen LogP contribution in [-0.2, 0) is 11.2 Å². The van der Waals surface area contributed by atoms with Gasteiger partial charge < -0.3 is 14.7 Å². The van der Waals surface area contributed by atoms with Crippen molar-refractivity contribution in [1.82, 2.24) is 4.90 Å². The fraction of sp³-hybridized carbons (Fsp3) is 0.389. The second kappa shape index (κ2) is 6.79. The lowest BCUT2D eigenvalue weighted by molar-refractivity contribution is -0.0640. The van der Waals surface area contributed by atoms with Crippen LogP contribution in [0.5, 0.6) is 0 Å². The van der Waals surface area contributed by atoms with Crippen molar-refractivity contribution >= 4 is 16.9 Å². The molecular formula is C18H21NO3. The molecule has 2 aromatic rings. The first kappa shape index (κ1) is 14.9. The topological polar surface area (TPSA) is 49.8 Å². The van der Waals surface area contributed by atoms with Crippen LogP contribution >= 0.6 is 0 Å². The van der Waals surface area contributed by atoms with E-state index in [9.17, 15) is 9.90 Å². The van der Waals surface area contributed by atoms with E-state index in [1.165, 1.54) is 0 Å². The summed E-state index contributed by atoms with van der Waals surface area (Å²) >= 11 is 0. The maximum Gasteiger partial charge on any atom is 0.412 e. The summed E-state index contributed by atoms with van der Waals surface area (Å²) in [4.78, 5) is 13.6. The fourth-order valence-corrected chi connectivity index (χ4v) is 2.88. The molecular weight excluding hydrogens is 278 g/mol. The predicted molar refractivity (Wildman–Crippen MR) is 85.6 cm³/mol. The number of fused-ring (bicyclic) bond motifs is 1. The first-order chi connectivity index (χ1) is 10.7. The fourth-order valence-electron chi connectivity index (χ4n) is 2.88. The van der Waals surface area contributed by atoms with Gasteiger partial charge in [0.2, 0.25) is 6.29 Å². The highest BCUT2D eigenvalue weighted by Gasteiger charge is 2.20. The van der Waals surface area contributed by atoms with Gasteiger partial charge in [-0.2, -0.15) is 0 Å². The molecule has 1 aliphatic heterocycles. The molecule has 1 aliphatic rings. The number of rotatable bonds is 3. The minimum Gasteiger partial charge on any atom is -0.419 e. The molecule has 0 spiro atoms. The van der Waals surface area contributed by atoms with Crippen LogP contribution in [0.3, 0.4) is 0 Å². The number of nitrogens with zero attached hydrogens (tertiary/aromatic N) is 1. The van der Waals surface area contributed by atoms with E-state index in [4.69, 9.17) is 4.74 Å². The molecule has 1 saturated heterocycles. The lowest BCUT2D eigenvalue weighted by Crippen LogP contribution is -2.38. The molecule has 0 aromatic heterocycles. The van der Waals surface area contributed by atoms with Crippen LogP contribution in [0.15, 0.2) is 42.5 Å². The normalized spacial score (nSPS) is 16.5. The van der Waals surface area contributed by atoms with Crippen molar-refractivity contribution in [1.29, 1.82) is 0 Å². The number of hydrogen-bond donors (Lipinski definition) is 1. The Morgan fingerprint density at radius 1 is 1.09 bits per heavy atom. The largest absolute Gasteiger partial charge is 0.419 e. The van der Waals surface area contributed by atoms with E-state index in [-0.39, 0.29) is 0 Å². The second-order valence-corrected chi connectivity index (χ2v) is 5.77. The molecule has 1 amide bonds. The molecule has 0 saturated carbocycles. The standard InChI is InChI=1S/C18H21NO3/c20-17(22-18(21)19-10-4-1-5-11-19)13-14-8-9-15-6-2-3-7-16(15)12-14/h2-3,6-9,12,17,20H,1,4-5,10-11,13H2. The number of aliphatic hydroxyl groups excluding tert-OH is 1. The van der Waals surface area contributed by atoms with Crippen LogP contribution < -0.4 is 0 Å². The molecule has 0 aliphatic carbocycles. The highest BCUT2D eigenvalue weighted by atomic mass is 16.6. The zero-order valence-corrected chi connectivity index (χ0v) is 12.6. The third kappa shape index (κ3) is 3.57. The van der Waals surface area contributed by atoms with Crippen LogP contribution in [0.4, 0.5) is 4.79 Å². The highest BCUT2D eigenvalue weighted by molar-refractivity contribution is 5.83. The van der Waals surface area contributed by atoms with E-state index >= 15 is 0 Å². The lowest BCUT2D eigenvalue weighted by Gasteiger charge is -2.27.